The molecule has 3 aliphatic heterocycles. The fourth-order valence-corrected chi connectivity index (χ4v) is 5.52. The minimum absolute atomic E-state index is 0.0150. The Bertz CT molecular complexity index is 1430. The first-order valence-electron chi connectivity index (χ1n) is 12.5. The zero-order chi connectivity index (χ0) is 26.5. The second-order valence-corrected chi connectivity index (χ2v) is 10.1. The van der Waals surface area contributed by atoms with Crippen molar-refractivity contribution < 1.29 is 27.5 Å². The molecule has 196 valence electrons. The van der Waals surface area contributed by atoms with Crippen LogP contribution in [-0.4, -0.2) is 77.0 Å². The van der Waals surface area contributed by atoms with Crippen LogP contribution in [-0.2, 0) is 14.3 Å². The number of carbonyl (C=O) groups excluding carboxylic acids is 2. The number of alkyl halides is 3. The van der Waals surface area contributed by atoms with Crippen molar-refractivity contribution in [3.05, 3.63) is 66.4 Å². The highest BCUT2D eigenvalue weighted by Crippen LogP contribution is 2.35. The number of ether oxygens (including phenoxy) is 1. The number of likely N-dealkylation sites (tertiary alicyclic amines) is 1. The normalized spacial score (nSPS) is 23.6. The van der Waals surface area contributed by atoms with E-state index in [4.69, 9.17) is 9.73 Å². The van der Waals surface area contributed by atoms with Gasteiger partial charge < -0.3 is 9.64 Å². The molecule has 0 aliphatic carbocycles. The van der Waals surface area contributed by atoms with Crippen molar-refractivity contribution in [3.63, 3.8) is 0 Å². The third kappa shape index (κ3) is 4.32. The fourth-order valence-electron chi connectivity index (χ4n) is 5.52. The van der Waals surface area contributed by atoms with E-state index in [9.17, 15) is 22.8 Å². The number of amides is 2. The summed E-state index contributed by atoms with van der Waals surface area (Å²) in [5, 5.41) is 1.05. The minimum atomic E-state index is -4.90. The number of aromatic nitrogens is 1. The van der Waals surface area contributed by atoms with Crippen LogP contribution in [0.5, 0.6) is 0 Å². The highest BCUT2D eigenvalue weighted by molar-refractivity contribution is 6.15. The second kappa shape index (κ2) is 9.20. The van der Waals surface area contributed by atoms with Gasteiger partial charge in [-0.05, 0) is 35.6 Å². The molecule has 3 aliphatic rings. The number of fused-ring (bicyclic) bond motifs is 1. The number of hydrogen-bond acceptors (Lipinski definition) is 5. The third-order valence-electron chi connectivity index (χ3n) is 7.56. The smallest absolute Gasteiger partial charge is 0.378 e. The number of rotatable bonds is 4. The molecule has 0 bridgehead atoms. The van der Waals surface area contributed by atoms with Gasteiger partial charge in [-0.1, -0.05) is 42.5 Å². The first-order chi connectivity index (χ1) is 18.2. The van der Waals surface area contributed by atoms with E-state index in [1.54, 1.807) is 11.1 Å². The summed E-state index contributed by atoms with van der Waals surface area (Å²) in [5.74, 6) is -1.82. The number of carbonyl (C=O) groups is 2. The molecule has 1 aromatic heterocycles. The van der Waals surface area contributed by atoms with Crippen LogP contribution in [0.25, 0.3) is 22.0 Å². The number of hydrogen-bond donors (Lipinski definition) is 0. The number of aliphatic imine (C=N–C) groups is 1. The molecule has 7 nitrogen and oxygen atoms in total. The van der Waals surface area contributed by atoms with Crippen LogP contribution in [0.1, 0.15) is 18.4 Å². The second-order valence-electron chi connectivity index (χ2n) is 10.1. The molecule has 1 unspecified atom stereocenters. The van der Waals surface area contributed by atoms with Crippen molar-refractivity contribution in [2.75, 3.05) is 32.8 Å². The van der Waals surface area contributed by atoms with Crippen molar-refractivity contribution in [1.29, 1.82) is 0 Å². The fraction of sp³-hybridized carbons (Fsp3) is 0.357. The Hall–Kier alpha value is -3.79. The van der Waals surface area contributed by atoms with Crippen LogP contribution in [0.4, 0.5) is 13.2 Å². The Labute approximate surface area is 216 Å². The molecule has 0 saturated carbocycles. The summed E-state index contributed by atoms with van der Waals surface area (Å²) >= 11 is 0. The Morgan fingerprint density at radius 2 is 1.84 bits per heavy atom. The van der Waals surface area contributed by atoms with E-state index in [0.717, 1.165) is 32.5 Å². The Morgan fingerprint density at radius 3 is 2.58 bits per heavy atom. The molecule has 2 saturated heterocycles. The highest BCUT2D eigenvalue weighted by Gasteiger charge is 2.52. The maximum absolute atomic E-state index is 13.6. The minimum Gasteiger partial charge on any atom is -0.378 e. The van der Waals surface area contributed by atoms with E-state index in [-0.39, 0.29) is 38.1 Å². The molecule has 2 aromatic carbocycles. The van der Waals surface area contributed by atoms with Gasteiger partial charge in [0, 0.05) is 49.8 Å². The molecular formula is C28H25F3N4O3. The molecule has 0 radical (unpaired) electrons. The van der Waals surface area contributed by atoms with Gasteiger partial charge in [-0.2, -0.15) is 13.2 Å². The first kappa shape index (κ1) is 24.5. The quantitative estimate of drug-likeness (QED) is 0.518. The average molecular weight is 523 g/mol. The van der Waals surface area contributed by atoms with Crippen molar-refractivity contribution >= 4 is 28.6 Å². The van der Waals surface area contributed by atoms with Crippen LogP contribution in [0.2, 0.25) is 0 Å². The van der Waals surface area contributed by atoms with Gasteiger partial charge >= 0.3 is 12.1 Å². The molecule has 6 rings (SSSR count). The number of pyridine rings is 1. The van der Waals surface area contributed by atoms with Crippen LogP contribution in [0.3, 0.4) is 0 Å². The maximum Gasteiger partial charge on any atom is 0.471 e. The van der Waals surface area contributed by atoms with Crippen LogP contribution >= 0.6 is 0 Å². The van der Waals surface area contributed by atoms with E-state index in [0.29, 0.717) is 25.3 Å². The van der Waals surface area contributed by atoms with E-state index < -0.39 is 17.6 Å². The Balaban J connectivity index is 1.26. The van der Waals surface area contributed by atoms with Crippen molar-refractivity contribution in [2.24, 2.45) is 10.9 Å². The molecule has 10 heteroatoms. The third-order valence-corrected chi connectivity index (χ3v) is 7.56. The van der Waals surface area contributed by atoms with E-state index in [1.807, 2.05) is 54.6 Å². The predicted octanol–water partition coefficient (Wildman–Crippen LogP) is 4.06. The Kier molecular flexibility index (Phi) is 5.94. The molecule has 3 aromatic rings. The van der Waals surface area contributed by atoms with Gasteiger partial charge in [-0.15, -0.1) is 0 Å². The zero-order valence-corrected chi connectivity index (χ0v) is 20.4. The van der Waals surface area contributed by atoms with E-state index in [2.05, 4.69) is 4.98 Å². The number of halogens is 3. The number of benzene rings is 2. The van der Waals surface area contributed by atoms with Gasteiger partial charge in [-0.25, -0.2) is 4.99 Å². The molecule has 2 atom stereocenters. The van der Waals surface area contributed by atoms with Gasteiger partial charge in [0.1, 0.15) is 5.84 Å². The summed E-state index contributed by atoms with van der Waals surface area (Å²) in [4.78, 5) is 36.9. The summed E-state index contributed by atoms with van der Waals surface area (Å²) in [5.41, 5.74) is 2.62. The molecule has 2 fully saturated rings. The summed E-state index contributed by atoms with van der Waals surface area (Å²) in [6.45, 7) is 0.758. The summed E-state index contributed by atoms with van der Waals surface area (Å²) in [6.07, 6.45) is -2.31. The lowest BCUT2D eigenvalue weighted by Crippen LogP contribution is -2.46. The summed E-state index contributed by atoms with van der Waals surface area (Å²) in [7, 11) is 0. The molecule has 0 N–H and O–H groups in total. The van der Waals surface area contributed by atoms with Crippen molar-refractivity contribution in [2.45, 2.75) is 24.6 Å². The Morgan fingerprint density at radius 1 is 1.08 bits per heavy atom. The lowest BCUT2D eigenvalue weighted by molar-refractivity contribution is -0.184. The molecule has 4 heterocycles. The van der Waals surface area contributed by atoms with Crippen molar-refractivity contribution in [3.8, 4) is 11.1 Å². The first-order valence-corrected chi connectivity index (χ1v) is 12.5. The molecule has 1 spiro atoms. The highest BCUT2D eigenvalue weighted by atomic mass is 19.4. The van der Waals surface area contributed by atoms with Crippen LogP contribution in [0, 0.1) is 5.92 Å². The molecule has 38 heavy (non-hydrogen) atoms. The largest absolute Gasteiger partial charge is 0.471 e. The van der Waals surface area contributed by atoms with Gasteiger partial charge in [0.25, 0.3) is 5.91 Å². The number of nitrogens with zero attached hydrogens (tertiary/aromatic N) is 4. The molecule has 2 amide bonds. The van der Waals surface area contributed by atoms with Gasteiger partial charge in [0.05, 0.1) is 12.1 Å². The summed E-state index contributed by atoms with van der Waals surface area (Å²) in [6, 6.07) is 17.7. The van der Waals surface area contributed by atoms with Gasteiger partial charge in [0.15, 0.2) is 5.54 Å². The van der Waals surface area contributed by atoms with E-state index in [1.165, 1.54) is 0 Å². The average Bonchev–Trinajstić information content (AvgIpc) is 3.65. The van der Waals surface area contributed by atoms with Crippen molar-refractivity contribution in [1.82, 2.24) is 14.8 Å². The van der Waals surface area contributed by atoms with Crippen LogP contribution in [0.15, 0.2) is 65.8 Å². The topological polar surface area (TPSA) is 75.1 Å². The zero-order valence-electron chi connectivity index (χ0n) is 20.4. The van der Waals surface area contributed by atoms with Gasteiger partial charge in [-0.3, -0.25) is 19.5 Å². The maximum atomic E-state index is 13.6. The van der Waals surface area contributed by atoms with Gasteiger partial charge in [0.2, 0.25) is 0 Å². The predicted molar refractivity (Wildman–Crippen MR) is 134 cm³/mol. The lowest BCUT2D eigenvalue weighted by atomic mass is 9.98. The molecular weight excluding hydrogens is 497 g/mol. The SMILES string of the molecule is O=C(N1CC[C@@H](CN2C(=O)C3(CCOC3)N=C2c2ccc(-c3ccc4cccnc4c3)cc2)C1)C(F)(F)F. The van der Waals surface area contributed by atoms with E-state index >= 15 is 0 Å². The lowest BCUT2D eigenvalue weighted by Gasteiger charge is -2.25. The monoisotopic (exact) mass is 522 g/mol. The summed E-state index contributed by atoms with van der Waals surface area (Å²) < 4.78 is 44.3. The van der Waals surface area contributed by atoms with Crippen LogP contribution < -0.4 is 0 Å². The number of amidine groups is 1. The standard InChI is InChI=1S/C28H25F3N4O3/c29-28(30,31)26(37)34-12-9-18(15-34)16-35-24(33-27(25(35)36)10-13-38-17-27)21-6-3-19(4-7-21)22-8-5-20-2-1-11-32-23(20)14-22/h1-8,11,14,18H,9-10,12-13,15-17H2/t18-,27?/m1/s1.